The third-order valence-electron chi connectivity index (χ3n) is 4.67. The number of hydrogen-bond acceptors (Lipinski definition) is 4. The molecule has 1 heterocycles. The monoisotopic (exact) mass is 465 g/mol. The summed E-state index contributed by atoms with van der Waals surface area (Å²) >= 11 is 5.97. The molecule has 2 aromatic carbocycles. The minimum Gasteiger partial charge on any atom is -0.336 e. The topological polar surface area (TPSA) is 86.8 Å². The number of amides is 2. The molecular weight excluding hydrogens is 445 g/mol. The maximum Gasteiger partial charge on any atom is 0.255 e. The molecule has 164 valence electrons. The highest BCUT2D eigenvalue weighted by Gasteiger charge is 2.25. The molecule has 0 aromatic heterocycles. The van der Waals surface area contributed by atoms with Gasteiger partial charge in [-0.3, -0.25) is 14.3 Å². The molecule has 1 saturated heterocycles. The van der Waals surface area contributed by atoms with E-state index in [0.717, 1.165) is 17.9 Å². The molecule has 31 heavy (non-hydrogen) atoms. The Bertz CT molecular complexity index is 1110. The number of benzene rings is 2. The molecule has 0 atom stereocenters. The number of carbonyl (C=O) groups is 2. The first kappa shape index (κ1) is 22.8. The zero-order chi connectivity index (χ0) is 22.6. The summed E-state index contributed by atoms with van der Waals surface area (Å²) in [6.07, 6.45) is 4.15. The third-order valence-corrected chi connectivity index (χ3v) is 5.59. The van der Waals surface area contributed by atoms with Crippen molar-refractivity contribution in [3.63, 3.8) is 0 Å². The number of halogens is 2. The van der Waals surface area contributed by atoms with Crippen LogP contribution in [0.3, 0.4) is 0 Å². The van der Waals surface area contributed by atoms with Gasteiger partial charge in [0.2, 0.25) is 15.9 Å². The van der Waals surface area contributed by atoms with E-state index in [1.165, 1.54) is 18.2 Å². The van der Waals surface area contributed by atoms with E-state index >= 15 is 0 Å². The van der Waals surface area contributed by atoms with E-state index in [-0.39, 0.29) is 22.4 Å². The summed E-state index contributed by atoms with van der Waals surface area (Å²) in [5.74, 6) is -0.995. The van der Waals surface area contributed by atoms with E-state index in [1.54, 1.807) is 40.1 Å². The fourth-order valence-corrected chi connectivity index (χ4v) is 3.92. The van der Waals surface area contributed by atoms with Crippen LogP contribution in [0.25, 0.3) is 6.08 Å². The van der Waals surface area contributed by atoms with Gasteiger partial charge in [0.15, 0.2) is 0 Å². The van der Waals surface area contributed by atoms with Crippen molar-refractivity contribution in [3.05, 3.63) is 70.5 Å². The summed E-state index contributed by atoms with van der Waals surface area (Å²) in [7, 11) is -3.34. The number of piperazine rings is 1. The smallest absolute Gasteiger partial charge is 0.255 e. The molecule has 2 amide bonds. The van der Waals surface area contributed by atoms with E-state index in [2.05, 4.69) is 4.72 Å². The number of carbonyl (C=O) groups excluding carboxylic acids is 2. The summed E-state index contributed by atoms with van der Waals surface area (Å²) < 4.78 is 38.0. The van der Waals surface area contributed by atoms with Crippen molar-refractivity contribution in [2.24, 2.45) is 0 Å². The van der Waals surface area contributed by atoms with Crippen LogP contribution in [-0.2, 0) is 14.8 Å². The van der Waals surface area contributed by atoms with Crippen LogP contribution in [0.1, 0.15) is 15.9 Å². The SMILES string of the molecule is CS(=O)(=O)Nc1ccc(/C=C/C(=O)N2CCN(C(=O)c3ccc(F)cc3Cl)CC2)cc1. The Morgan fingerprint density at radius 2 is 1.65 bits per heavy atom. The van der Waals surface area contributed by atoms with Crippen LogP contribution in [0.15, 0.2) is 48.5 Å². The first-order valence-corrected chi connectivity index (χ1v) is 11.7. The van der Waals surface area contributed by atoms with E-state index < -0.39 is 15.8 Å². The second kappa shape index (κ2) is 9.49. The van der Waals surface area contributed by atoms with Gasteiger partial charge in [-0.05, 0) is 42.0 Å². The molecule has 1 fully saturated rings. The van der Waals surface area contributed by atoms with Gasteiger partial charge >= 0.3 is 0 Å². The predicted molar refractivity (Wildman–Crippen MR) is 118 cm³/mol. The van der Waals surface area contributed by atoms with Crippen LogP contribution in [-0.4, -0.2) is 62.5 Å². The molecule has 1 N–H and O–H groups in total. The highest BCUT2D eigenvalue weighted by atomic mass is 35.5. The van der Waals surface area contributed by atoms with Gasteiger partial charge in [-0.2, -0.15) is 0 Å². The lowest BCUT2D eigenvalue weighted by atomic mass is 10.1. The van der Waals surface area contributed by atoms with Gasteiger partial charge in [0, 0.05) is 37.9 Å². The van der Waals surface area contributed by atoms with Crippen LogP contribution in [0, 0.1) is 5.82 Å². The lowest BCUT2D eigenvalue weighted by molar-refractivity contribution is -0.127. The van der Waals surface area contributed by atoms with Gasteiger partial charge in [0.25, 0.3) is 5.91 Å². The molecule has 0 bridgehead atoms. The summed E-state index contributed by atoms with van der Waals surface area (Å²) in [4.78, 5) is 28.3. The summed E-state index contributed by atoms with van der Waals surface area (Å²) in [6, 6.07) is 10.3. The summed E-state index contributed by atoms with van der Waals surface area (Å²) in [5, 5.41) is 0.0594. The van der Waals surface area contributed by atoms with Crippen molar-refractivity contribution in [2.45, 2.75) is 0 Å². The molecule has 2 aromatic rings. The Balaban J connectivity index is 1.54. The molecule has 1 aliphatic rings. The van der Waals surface area contributed by atoms with Crippen molar-refractivity contribution in [3.8, 4) is 0 Å². The number of rotatable bonds is 5. The Kier molecular flexibility index (Phi) is 6.97. The van der Waals surface area contributed by atoms with Gasteiger partial charge in [-0.15, -0.1) is 0 Å². The molecule has 0 unspecified atom stereocenters. The number of anilines is 1. The standard InChI is InChI=1S/C21H21ClFN3O4S/c1-31(29,30)24-17-6-2-15(3-7-17)4-9-20(27)25-10-12-26(13-11-25)21(28)18-8-5-16(23)14-19(18)22/h2-9,14,24H,10-13H2,1H3/b9-4+. The largest absolute Gasteiger partial charge is 0.336 e. The van der Waals surface area contributed by atoms with E-state index in [1.807, 2.05) is 0 Å². The summed E-state index contributed by atoms with van der Waals surface area (Å²) in [5.41, 5.74) is 1.41. The molecule has 0 spiro atoms. The van der Waals surface area contributed by atoms with Crippen molar-refractivity contribution in [2.75, 3.05) is 37.2 Å². The maximum atomic E-state index is 13.2. The van der Waals surface area contributed by atoms with E-state index in [4.69, 9.17) is 11.6 Å². The second-order valence-electron chi connectivity index (χ2n) is 7.07. The van der Waals surface area contributed by atoms with Crippen LogP contribution in [0.4, 0.5) is 10.1 Å². The highest BCUT2D eigenvalue weighted by Crippen LogP contribution is 2.20. The maximum absolute atomic E-state index is 13.2. The van der Waals surface area contributed by atoms with Gasteiger partial charge in [0.1, 0.15) is 5.82 Å². The summed E-state index contributed by atoms with van der Waals surface area (Å²) in [6.45, 7) is 1.42. The molecule has 10 heteroatoms. The Labute approximate surface area is 185 Å². The van der Waals surface area contributed by atoms with Crippen LogP contribution in [0.2, 0.25) is 5.02 Å². The third kappa shape index (κ3) is 6.28. The molecule has 3 rings (SSSR count). The van der Waals surface area contributed by atoms with Crippen molar-refractivity contribution >= 4 is 45.2 Å². The van der Waals surface area contributed by atoms with Crippen molar-refractivity contribution < 1.29 is 22.4 Å². The lowest BCUT2D eigenvalue weighted by Crippen LogP contribution is -2.50. The van der Waals surface area contributed by atoms with Gasteiger partial charge in [-0.25, -0.2) is 12.8 Å². The quantitative estimate of drug-likeness (QED) is 0.688. The number of sulfonamides is 1. The van der Waals surface area contributed by atoms with Gasteiger partial charge in [0.05, 0.1) is 16.8 Å². The Hall–Kier alpha value is -2.91. The first-order chi connectivity index (χ1) is 14.6. The fraction of sp³-hybridized carbons (Fsp3) is 0.238. The van der Waals surface area contributed by atoms with Gasteiger partial charge < -0.3 is 9.80 Å². The minimum absolute atomic E-state index is 0.0594. The van der Waals surface area contributed by atoms with Crippen molar-refractivity contribution in [1.29, 1.82) is 0 Å². The molecular formula is C21H21ClFN3O4S. The Morgan fingerprint density at radius 1 is 1.03 bits per heavy atom. The molecule has 0 aliphatic carbocycles. The second-order valence-corrected chi connectivity index (χ2v) is 9.23. The van der Waals surface area contributed by atoms with Crippen LogP contribution in [0.5, 0.6) is 0 Å². The van der Waals surface area contributed by atoms with E-state index in [0.29, 0.717) is 31.9 Å². The first-order valence-electron chi connectivity index (χ1n) is 9.41. The van der Waals surface area contributed by atoms with E-state index in [9.17, 15) is 22.4 Å². The number of nitrogens with zero attached hydrogens (tertiary/aromatic N) is 2. The molecule has 1 aliphatic heterocycles. The molecule has 0 saturated carbocycles. The predicted octanol–water partition coefficient (Wildman–Crippen LogP) is 2.85. The average Bonchev–Trinajstić information content (AvgIpc) is 2.71. The highest BCUT2D eigenvalue weighted by molar-refractivity contribution is 7.92. The van der Waals surface area contributed by atoms with Gasteiger partial charge in [-0.1, -0.05) is 23.7 Å². The molecule has 0 radical (unpaired) electrons. The lowest BCUT2D eigenvalue weighted by Gasteiger charge is -2.34. The average molecular weight is 466 g/mol. The zero-order valence-electron chi connectivity index (χ0n) is 16.7. The Morgan fingerprint density at radius 3 is 2.23 bits per heavy atom. The normalized spacial score (nSPS) is 14.7. The zero-order valence-corrected chi connectivity index (χ0v) is 18.3. The van der Waals surface area contributed by atoms with Crippen molar-refractivity contribution in [1.82, 2.24) is 9.80 Å². The van der Waals surface area contributed by atoms with Crippen LogP contribution >= 0.6 is 11.6 Å². The van der Waals surface area contributed by atoms with Crippen LogP contribution < -0.4 is 4.72 Å². The fourth-order valence-electron chi connectivity index (χ4n) is 3.11. The number of hydrogen-bond donors (Lipinski definition) is 1. The molecule has 7 nitrogen and oxygen atoms in total. The number of nitrogens with one attached hydrogen (secondary N) is 1. The minimum atomic E-state index is -3.34.